The highest BCUT2D eigenvalue weighted by Gasteiger charge is 2.14. The van der Waals surface area contributed by atoms with Crippen molar-refractivity contribution in [3.8, 4) is 17.2 Å². The Bertz CT molecular complexity index is 1370. The monoisotopic (exact) mass is 488 g/mol. The Morgan fingerprint density at radius 1 is 0.914 bits per heavy atom. The van der Waals surface area contributed by atoms with Crippen LogP contribution in [-0.4, -0.2) is 31.8 Å². The van der Waals surface area contributed by atoms with Gasteiger partial charge in [-0.15, -0.1) is 0 Å². The number of esters is 1. The number of ether oxygens (including phenoxy) is 3. The summed E-state index contributed by atoms with van der Waals surface area (Å²) < 4.78 is 16.2. The molecule has 0 fully saturated rings. The number of methoxy groups -OCH3 is 1. The van der Waals surface area contributed by atoms with E-state index in [9.17, 15) is 9.59 Å². The molecule has 35 heavy (non-hydrogen) atoms. The van der Waals surface area contributed by atoms with Crippen LogP contribution in [0.3, 0.4) is 0 Å². The van der Waals surface area contributed by atoms with Gasteiger partial charge < -0.3 is 14.2 Å². The largest absolute Gasteiger partial charge is 0.497 e. The molecule has 0 spiro atoms. The van der Waals surface area contributed by atoms with Gasteiger partial charge in [-0.25, -0.2) is 10.2 Å². The summed E-state index contributed by atoms with van der Waals surface area (Å²) in [5.41, 5.74) is 3.33. The van der Waals surface area contributed by atoms with Crippen molar-refractivity contribution in [1.82, 2.24) is 5.43 Å². The quantitative estimate of drug-likeness (QED) is 0.158. The second kappa shape index (κ2) is 11.2. The van der Waals surface area contributed by atoms with Gasteiger partial charge in [0.05, 0.1) is 18.9 Å². The maximum atomic E-state index is 12.7. The molecule has 0 aromatic heterocycles. The lowest BCUT2D eigenvalue weighted by Crippen LogP contribution is -2.24. The zero-order chi connectivity index (χ0) is 24.6. The first-order chi connectivity index (χ1) is 17.0. The van der Waals surface area contributed by atoms with Crippen LogP contribution in [0.5, 0.6) is 17.2 Å². The fourth-order valence-electron chi connectivity index (χ4n) is 3.26. The van der Waals surface area contributed by atoms with Crippen molar-refractivity contribution in [2.45, 2.75) is 0 Å². The van der Waals surface area contributed by atoms with Crippen LogP contribution >= 0.6 is 11.6 Å². The summed E-state index contributed by atoms with van der Waals surface area (Å²) in [6.07, 6.45) is 1.44. The van der Waals surface area contributed by atoms with Crippen molar-refractivity contribution in [3.63, 3.8) is 0 Å². The van der Waals surface area contributed by atoms with E-state index >= 15 is 0 Å². The Kier molecular flexibility index (Phi) is 7.60. The standard InChI is InChI=1S/C27H21ClN2O5/c1-33-21-11-13-22(14-12-21)34-17-26(31)30-29-16-24-23-5-3-2-4-18(23)8-15-25(24)35-27(32)19-6-9-20(28)10-7-19/h2-16H,17H2,1H3,(H,30,31). The molecule has 0 aliphatic rings. The van der Waals surface area contributed by atoms with Gasteiger partial charge in [-0.1, -0.05) is 41.9 Å². The number of nitrogens with one attached hydrogen (secondary N) is 1. The second-order valence-corrected chi connectivity index (χ2v) is 7.79. The highest BCUT2D eigenvalue weighted by atomic mass is 35.5. The van der Waals surface area contributed by atoms with E-state index in [-0.39, 0.29) is 6.61 Å². The number of hydrogen-bond acceptors (Lipinski definition) is 6. The molecule has 4 aromatic rings. The summed E-state index contributed by atoms with van der Waals surface area (Å²) in [6.45, 7) is -0.225. The van der Waals surface area contributed by atoms with Crippen molar-refractivity contribution in [3.05, 3.63) is 101 Å². The molecule has 0 aliphatic carbocycles. The summed E-state index contributed by atoms with van der Waals surface area (Å²) in [5.74, 6) is 0.529. The number of nitrogens with zero attached hydrogens (tertiary/aromatic N) is 1. The van der Waals surface area contributed by atoms with Gasteiger partial charge in [-0.2, -0.15) is 5.10 Å². The van der Waals surface area contributed by atoms with Crippen LogP contribution in [0.1, 0.15) is 15.9 Å². The third-order valence-corrected chi connectivity index (χ3v) is 5.28. The predicted octanol–water partition coefficient (Wildman–Crippen LogP) is 5.25. The summed E-state index contributed by atoms with van der Waals surface area (Å²) in [4.78, 5) is 24.8. The molecule has 0 heterocycles. The number of hydrogen-bond donors (Lipinski definition) is 1. The van der Waals surface area contributed by atoms with Crippen LogP contribution in [0.2, 0.25) is 5.02 Å². The maximum Gasteiger partial charge on any atom is 0.343 e. The minimum atomic E-state index is -0.538. The van der Waals surface area contributed by atoms with Crippen molar-refractivity contribution in [2.24, 2.45) is 5.10 Å². The van der Waals surface area contributed by atoms with Gasteiger partial charge in [0.1, 0.15) is 17.2 Å². The first-order valence-electron chi connectivity index (χ1n) is 10.6. The average molecular weight is 489 g/mol. The van der Waals surface area contributed by atoms with E-state index in [1.165, 1.54) is 6.21 Å². The van der Waals surface area contributed by atoms with E-state index in [1.807, 2.05) is 30.3 Å². The molecule has 8 heteroatoms. The summed E-state index contributed by atoms with van der Waals surface area (Å²) in [5, 5.41) is 6.30. The zero-order valence-corrected chi connectivity index (χ0v) is 19.5. The second-order valence-electron chi connectivity index (χ2n) is 7.35. The van der Waals surface area contributed by atoms with Gasteiger partial charge in [0.2, 0.25) is 0 Å². The molecule has 0 aliphatic heterocycles. The van der Waals surface area contributed by atoms with Crippen LogP contribution in [-0.2, 0) is 4.79 Å². The van der Waals surface area contributed by atoms with Crippen molar-refractivity contribution < 1.29 is 23.8 Å². The molecule has 0 radical (unpaired) electrons. The Hall–Kier alpha value is -4.36. The lowest BCUT2D eigenvalue weighted by molar-refractivity contribution is -0.123. The number of amides is 1. The molecule has 1 amide bonds. The molecule has 176 valence electrons. The van der Waals surface area contributed by atoms with Gasteiger partial charge in [0.25, 0.3) is 5.91 Å². The predicted molar refractivity (Wildman–Crippen MR) is 135 cm³/mol. The van der Waals surface area contributed by atoms with Gasteiger partial charge in [-0.05, 0) is 65.4 Å². The number of carbonyl (C=O) groups excluding carboxylic acids is 2. The fraction of sp³-hybridized carbons (Fsp3) is 0.0741. The van der Waals surface area contributed by atoms with E-state index < -0.39 is 11.9 Å². The van der Waals surface area contributed by atoms with Crippen molar-refractivity contribution in [1.29, 1.82) is 0 Å². The van der Waals surface area contributed by atoms with Crippen LogP contribution in [0.15, 0.2) is 90.0 Å². The van der Waals surface area contributed by atoms with E-state index in [1.54, 1.807) is 61.7 Å². The Morgan fingerprint density at radius 3 is 2.37 bits per heavy atom. The Morgan fingerprint density at radius 2 is 1.63 bits per heavy atom. The molecular weight excluding hydrogens is 468 g/mol. The Balaban J connectivity index is 1.47. The van der Waals surface area contributed by atoms with Crippen molar-refractivity contribution >= 4 is 40.5 Å². The molecule has 0 saturated heterocycles. The SMILES string of the molecule is COc1ccc(OCC(=O)NN=Cc2c(OC(=O)c3ccc(Cl)cc3)ccc3ccccc23)cc1. The van der Waals surface area contributed by atoms with Crippen LogP contribution in [0.4, 0.5) is 0 Å². The van der Waals surface area contributed by atoms with Gasteiger partial charge in [0, 0.05) is 10.6 Å². The molecule has 1 N–H and O–H groups in total. The lowest BCUT2D eigenvalue weighted by atomic mass is 10.0. The number of benzene rings is 4. The van der Waals surface area contributed by atoms with E-state index in [0.717, 1.165) is 10.8 Å². The smallest absolute Gasteiger partial charge is 0.343 e. The van der Waals surface area contributed by atoms with E-state index in [0.29, 0.717) is 33.4 Å². The molecule has 0 bridgehead atoms. The zero-order valence-electron chi connectivity index (χ0n) is 18.7. The average Bonchev–Trinajstić information content (AvgIpc) is 2.89. The summed E-state index contributed by atoms with van der Waals surface area (Å²) in [7, 11) is 1.57. The minimum absolute atomic E-state index is 0.225. The number of rotatable bonds is 8. The molecule has 4 aromatic carbocycles. The van der Waals surface area contributed by atoms with Crippen molar-refractivity contribution in [2.75, 3.05) is 13.7 Å². The molecule has 4 rings (SSSR count). The first-order valence-corrected chi connectivity index (χ1v) is 11.0. The van der Waals surface area contributed by atoms with E-state index in [4.69, 9.17) is 25.8 Å². The minimum Gasteiger partial charge on any atom is -0.497 e. The summed E-state index contributed by atoms with van der Waals surface area (Å²) >= 11 is 5.90. The number of fused-ring (bicyclic) bond motifs is 1. The summed E-state index contributed by atoms with van der Waals surface area (Å²) in [6, 6.07) is 24.4. The molecule has 0 saturated carbocycles. The number of carbonyl (C=O) groups is 2. The lowest BCUT2D eigenvalue weighted by Gasteiger charge is -2.11. The maximum absolute atomic E-state index is 12.7. The van der Waals surface area contributed by atoms with E-state index in [2.05, 4.69) is 10.5 Å². The molecular formula is C27H21ClN2O5. The highest BCUT2D eigenvalue weighted by Crippen LogP contribution is 2.27. The Labute approximate surface area is 206 Å². The van der Waals surface area contributed by atoms with Crippen LogP contribution in [0, 0.1) is 0 Å². The topological polar surface area (TPSA) is 86.2 Å². The van der Waals surface area contributed by atoms with Gasteiger partial charge >= 0.3 is 5.97 Å². The normalized spacial score (nSPS) is 10.8. The van der Waals surface area contributed by atoms with Gasteiger partial charge in [0.15, 0.2) is 6.61 Å². The fourth-order valence-corrected chi connectivity index (χ4v) is 3.39. The third-order valence-electron chi connectivity index (χ3n) is 5.03. The molecule has 7 nitrogen and oxygen atoms in total. The first kappa shape index (κ1) is 23.8. The highest BCUT2D eigenvalue weighted by molar-refractivity contribution is 6.30. The third kappa shape index (κ3) is 6.16. The van der Waals surface area contributed by atoms with Gasteiger partial charge in [-0.3, -0.25) is 4.79 Å². The number of halogens is 1. The number of hydrazone groups is 1. The van der Waals surface area contributed by atoms with Crippen LogP contribution < -0.4 is 19.6 Å². The van der Waals surface area contributed by atoms with Crippen LogP contribution in [0.25, 0.3) is 10.8 Å². The molecule has 0 unspecified atom stereocenters. The molecule has 0 atom stereocenters.